The molecule has 0 aromatic rings. The van der Waals surface area contributed by atoms with E-state index in [1.54, 1.807) is 0 Å². The van der Waals surface area contributed by atoms with Crippen molar-refractivity contribution < 1.29 is 37.3 Å². The van der Waals surface area contributed by atoms with Gasteiger partial charge in [-0.3, -0.25) is 14.2 Å². The first-order valence-electron chi connectivity index (χ1n) is 32.2. The van der Waals surface area contributed by atoms with Gasteiger partial charge in [-0.05, 0) is 89.5 Å². The number of phosphoric ester groups is 1. The van der Waals surface area contributed by atoms with Crippen LogP contribution < -0.4 is 10.2 Å². The molecule has 0 heterocycles. The normalized spacial score (nSPS) is 14.1. The summed E-state index contributed by atoms with van der Waals surface area (Å²) >= 11 is 0. The van der Waals surface area contributed by atoms with E-state index >= 15 is 0 Å². The van der Waals surface area contributed by atoms with Gasteiger partial charge in [-0.15, -0.1) is 0 Å². The molecular formula is C67H123N2O7P. The van der Waals surface area contributed by atoms with E-state index in [0.717, 1.165) is 64.2 Å². The van der Waals surface area contributed by atoms with Crippen molar-refractivity contribution in [3.63, 3.8) is 0 Å². The molecule has 0 aliphatic carbocycles. The number of quaternary nitrogens is 1. The minimum atomic E-state index is -4.71. The van der Waals surface area contributed by atoms with E-state index in [0.29, 0.717) is 17.4 Å². The van der Waals surface area contributed by atoms with Crippen molar-refractivity contribution in [1.82, 2.24) is 5.32 Å². The maximum Gasteiger partial charge on any atom is 0.306 e. The number of allylic oxidation sites excluding steroid dienone is 11. The number of carbonyl (C=O) groups excluding carboxylic acids is 2. The molecule has 0 aromatic heterocycles. The molecule has 0 fully saturated rings. The van der Waals surface area contributed by atoms with E-state index in [1.165, 1.54) is 186 Å². The maximum absolute atomic E-state index is 13.5. The molecule has 3 unspecified atom stereocenters. The van der Waals surface area contributed by atoms with Crippen molar-refractivity contribution in [3.05, 3.63) is 72.9 Å². The number of esters is 1. The fraction of sp³-hybridized carbons (Fsp3) is 0.791. The molecule has 0 aliphatic rings. The molecular weight excluding hydrogens is 976 g/mol. The summed E-state index contributed by atoms with van der Waals surface area (Å²) in [7, 11) is 1.15. The van der Waals surface area contributed by atoms with Gasteiger partial charge in [0.1, 0.15) is 19.3 Å². The maximum atomic E-state index is 13.5. The number of hydrogen-bond donors (Lipinski definition) is 1. The molecule has 1 N–H and O–H groups in total. The fourth-order valence-electron chi connectivity index (χ4n) is 9.11. The number of unbranched alkanes of at least 4 members (excludes halogenated alkanes) is 32. The van der Waals surface area contributed by atoms with Crippen molar-refractivity contribution in [2.24, 2.45) is 0 Å². The SMILES string of the molecule is CCCCC/C=C\C/C=C\C/C=C\CCCCCCCCCCCCCCCCC(=O)OC(/C=C\CCCCCCCCCCC)C(COP(=O)([O-])OCC[N+](C)(C)C)NC(=O)CC/C=C/C/C=C\CCCCCCCC. The van der Waals surface area contributed by atoms with Gasteiger partial charge in [-0.1, -0.05) is 261 Å². The minimum absolute atomic E-state index is 0.0327. The van der Waals surface area contributed by atoms with Crippen LogP contribution >= 0.6 is 7.82 Å². The summed E-state index contributed by atoms with van der Waals surface area (Å²) in [6.45, 7) is 6.77. The Balaban J connectivity index is 5.04. The second-order valence-electron chi connectivity index (χ2n) is 22.9. The first kappa shape index (κ1) is 74.5. The molecule has 0 aromatic carbocycles. The predicted molar refractivity (Wildman–Crippen MR) is 330 cm³/mol. The lowest BCUT2D eigenvalue weighted by molar-refractivity contribution is -0.870. The van der Waals surface area contributed by atoms with Gasteiger partial charge in [0.2, 0.25) is 5.91 Å². The van der Waals surface area contributed by atoms with Crippen LogP contribution in [0.15, 0.2) is 72.9 Å². The van der Waals surface area contributed by atoms with Crippen LogP contribution in [0, 0.1) is 0 Å². The molecule has 9 nitrogen and oxygen atoms in total. The predicted octanol–water partition coefficient (Wildman–Crippen LogP) is 19.4. The Labute approximate surface area is 476 Å². The summed E-state index contributed by atoms with van der Waals surface area (Å²) < 4.78 is 30.2. The number of nitrogens with zero attached hydrogens (tertiary/aromatic N) is 1. The summed E-state index contributed by atoms with van der Waals surface area (Å²) in [6.07, 6.45) is 73.3. The van der Waals surface area contributed by atoms with Gasteiger partial charge in [-0.2, -0.15) is 0 Å². The molecule has 0 spiro atoms. The lowest BCUT2D eigenvalue weighted by Gasteiger charge is -2.30. The molecule has 3 atom stereocenters. The molecule has 0 saturated heterocycles. The number of nitrogens with one attached hydrogen (secondary N) is 1. The number of hydrogen-bond acceptors (Lipinski definition) is 7. The topological polar surface area (TPSA) is 114 Å². The van der Waals surface area contributed by atoms with Gasteiger partial charge in [0.05, 0.1) is 33.8 Å². The Kier molecular flexibility index (Phi) is 54.8. The Morgan fingerprint density at radius 3 is 1.23 bits per heavy atom. The molecule has 0 aliphatic heterocycles. The average molecular weight is 1100 g/mol. The summed E-state index contributed by atoms with van der Waals surface area (Å²) in [5, 5.41) is 2.98. The molecule has 448 valence electrons. The Morgan fingerprint density at radius 2 is 0.805 bits per heavy atom. The number of phosphoric acid groups is 1. The lowest BCUT2D eigenvalue weighted by Crippen LogP contribution is -2.47. The Hall–Kier alpha value is -2.55. The summed E-state index contributed by atoms with van der Waals surface area (Å²) in [5.74, 6) is -0.617. The van der Waals surface area contributed by atoms with Gasteiger partial charge < -0.3 is 28.5 Å². The van der Waals surface area contributed by atoms with Crippen LogP contribution in [0.3, 0.4) is 0 Å². The first-order valence-corrected chi connectivity index (χ1v) is 33.7. The highest BCUT2D eigenvalue weighted by Gasteiger charge is 2.27. The van der Waals surface area contributed by atoms with Crippen LogP contribution in [-0.2, 0) is 27.9 Å². The smallest absolute Gasteiger partial charge is 0.306 e. The molecule has 0 radical (unpaired) electrons. The third-order valence-electron chi connectivity index (χ3n) is 14.1. The zero-order chi connectivity index (χ0) is 56.4. The number of likely N-dealkylation sites (N-methyl/N-ethyl adjacent to an activating group) is 1. The second kappa shape index (κ2) is 56.7. The fourth-order valence-corrected chi connectivity index (χ4v) is 9.83. The molecule has 0 rings (SSSR count). The largest absolute Gasteiger partial charge is 0.756 e. The van der Waals surface area contributed by atoms with Crippen molar-refractivity contribution in [1.29, 1.82) is 0 Å². The summed E-state index contributed by atoms with van der Waals surface area (Å²) in [5.41, 5.74) is 0. The van der Waals surface area contributed by atoms with Gasteiger partial charge in [-0.25, -0.2) is 0 Å². The van der Waals surface area contributed by atoms with Gasteiger partial charge in [0.25, 0.3) is 7.82 Å². The van der Waals surface area contributed by atoms with Crippen LogP contribution in [0.4, 0.5) is 0 Å². The summed E-state index contributed by atoms with van der Waals surface area (Å²) in [6, 6.07) is -0.919. The molecule has 1 amide bonds. The highest BCUT2D eigenvalue weighted by Crippen LogP contribution is 2.38. The van der Waals surface area contributed by atoms with Crippen molar-refractivity contribution in [3.8, 4) is 0 Å². The monoisotopic (exact) mass is 1100 g/mol. The first-order chi connectivity index (χ1) is 37.4. The van der Waals surface area contributed by atoms with E-state index in [-0.39, 0.29) is 31.3 Å². The molecule has 0 bridgehead atoms. The van der Waals surface area contributed by atoms with E-state index in [2.05, 4.69) is 80.8 Å². The Morgan fingerprint density at radius 1 is 0.455 bits per heavy atom. The van der Waals surface area contributed by atoms with Gasteiger partial charge in [0, 0.05) is 12.8 Å². The average Bonchev–Trinajstić information content (AvgIpc) is 3.39. The van der Waals surface area contributed by atoms with Crippen molar-refractivity contribution >= 4 is 19.7 Å². The van der Waals surface area contributed by atoms with Crippen LogP contribution in [0.1, 0.15) is 290 Å². The molecule has 10 heteroatoms. The minimum Gasteiger partial charge on any atom is -0.756 e. The van der Waals surface area contributed by atoms with Crippen LogP contribution in [0.5, 0.6) is 0 Å². The van der Waals surface area contributed by atoms with E-state index in [9.17, 15) is 19.0 Å². The Bertz CT molecular complexity index is 1550. The lowest BCUT2D eigenvalue weighted by atomic mass is 10.0. The van der Waals surface area contributed by atoms with Crippen LogP contribution in [0.25, 0.3) is 0 Å². The number of ether oxygens (including phenoxy) is 1. The summed E-state index contributed by atoms with van der Waals surface area (Å²) in [4.78, 5) is 39.9. The standard InChI is InChI=1S/C67H123N2O7P/c1-7-10-13-16-19-22-25-27-28-29-30-31-32-33-34-35-36-37-38-39-40-42-45-48-51-54-57-60-67(71)76-65(58-55-52-49-46-43-24-21-18-15-12-9-3)64(63-75-77(72,73)74-62-61-69(4,5)6)68-66(70)59-56-53-50-47-44-41-26-23-20-17-14-11-8-2/h19,22,27-28,30-31,41,44,50,53,55,58,64-65H,7-18,20-21,23-26,29,32-40,42-43,45-49,51-52,54,56-57,59-63H2,1-6H3,(H-,68,70,72,73)/b22-19-,28-27-,31-30-,44-41-,53-50+,58-55-. The third-order valence-corrected chi connectivity index (χ3v) is 15.1. The molecule has 77 heavy (non-hydrogen) atoms. The molecule has 0 saturated carbocycles. The van der Waals surface area contributed by atoms with Crippen LogP contribution in [-0.4, -0.2) is 69.4 Å². The zero-order valence-electron chi connectivity index (χ0n) is 51.2. The number of amides is 1. The third kappa shape index (κ3) is 57.9. The highest BCUT2D eigenvalue weighted by molar-refractivity contribution is 7.45. The van der Waals surface area contributed by atoms with Crippen molar-refractivity contribution in [2.45, 2.75) is 303 Å². The van der Waals surface area contributed by atoms with Gasteiger partial charge in [0.15, 0.2) is 0 Å². The number of rotatable bonds is 58. The van der Waals surface area contributed by atoms with Crippen LogP contribution in [0.2, 0.25) is 0 Å². The van der Waals surface area contributed by atoms with Gasteiger partial charge >= 0.3 is 5.97 Å². The van der Waals surface area contributed by atoms with E-state index in [4.69, 9.17) is 13.8 Å². The quantitative estimate of drug-likeness (QED) is 0.0212. The zero-order valence-corrected chi connectivity index (χ0v) is 52.0. The van der Waals surface area contributed by atoms with E-state index in [1.807, 2.05) is 39.4 Å². The van der Waals surface area contributed by atoms with E-state index < -0.39 is 26.6 Å². The van der Waals surface area contributed by atoms with Crippen molar-refractivity contribution in [2.75, 3.05) is 40.9 Å². The second-order valence-corrected chi connectivity index (χ2v) is 24.3. The number of carbonyl (C=O) groups is 2. The highest BCUT2D eigenvalue weighted by atomic mass is 31.2.